The fourth-order valence-electron chi connectivity index (χ4n) is 1.48. The fourth-order valence-corrected chi connectivity index (χ4v) is 1.48. The molecule has 0 saturated heterocycles. The van der Waals surface area contributed by atoms with E-state index in [0.29, 0.717) is 17.1 Å². The summed E-state index contributed by atoms with van der Waals surface area (Å²) in [6, 6.07) is 4.57. The SMILES string of the molecule is COc1ccc(C(=O)C(N)C(C)C)c(OC)c1. The van der Waals surface area contributed by atoms with E-state index in [1.807, 2.05) is 13.8 Å². The van der Waals surface area contributed by atoms with Gasteiger partial charge in [0.05, 0.1) is 25.8 Å². The number of ketones is 1. The van der Waals surface area contributed by atoms with Gasteiger partial charge in [-0.15, -0.1) is 0 Å². The predicted molar refractivity (Wildman–Crippen MR) is 66.7 cm³/mol. The van der Waals surface area contributed by atoms with E-state index in [9.17, 15) is 4.79 Å². The molecular weight excluding hydrogens is 218 g/mol. The number of hydrogen-bond donors (Lipinski definition) is 1. The van der Waals surface area contributed by atoms with E-state index in [1.54, 1.807) is 25.3 Å². The fraction of sp³-hybridized carbons (Fsp3) is 0.462. The molecule has 1 aromatic carbocycles. The van der Waals surface area contributed by atoms with Gasteiger partial charge in [-0.25, -0.2) is 0 Å². The molecule has 0 radical (unpaired) electrons. The van der Waals surface area contributed by atoms with Gasteiger partial charge in [0, 0.05) is 6.07 Å². The topological polar surface area (TPSA) is 61.5 Å². The normalized spacial score (nSPS) is 12.4. The van der Waals surface area contributed by atoms with Crippen LogP contribution < -0.4 is 15.2 Å². The van der Waals surface area contributed by atoms with E-state index in [0.717, 1.165) is 0 Å². The lowest BCUT2D eigenvalue weighted by Crippen LogP contribution is -2.35. The summed E-state index contributed by atoms with van der Waals surface area (Å²) in [6.07, 6.45) is 0. The second-order valence-corrected chi connectivity index (χ2v) is 4.20. The molecule has 0 fully saturated rings. The van der Waals surface area contributed by atoms with Crippen LogP contribution in [0.5, 0.6) is 11.5 Å². The summed E-state index contributed by atoms with van der Waals surface area (Å²) in [5, 5.41) is 0. The highest BCUT2D eigenvalue weighted by Gasteiger charge is 2.22. The summed E-state index contributed by atoms with van der Waals surface area (Å²) >= 11 is 0. The molecule has 0 spiro atoms. The van der Waals surface area contributed by atoms with E-state index in [4.69, 9.17) is 15.2 Å². The van der Waals surface area contributed by atoms with Crippen LogP contribution in [-0.2, 0) is 0 Å². The van der Waals surface area contributed by atoms with Crippen LogP contribution in [0.1, 0.15) is 24.2 Å². The van der Waals surface area contributed by atoms with Crippen molar-refractivity contribution in [3.05, 3.63) is 23.8 Å². The first-order valence-electron chi connectivity index (χ1n) is 5.53. The van der Waals surface area contributed by atoms with Gasteiger partial charge < -0.3 is 15.2 Å². The number of nitrogens with two attached hydrogens (primary N) is 1. The lowest BCUT2D eigenvalue weighted by Gasteiger charge is -2.16. The molecule has 0 aliphatic carbocycles. The number of methoxy groups -OCH3 is 2. The van der Waals surface area contributed by atoms with E-state index in [-0.39, 0.29) is 11.7 Å². The van der Waals surface area contributed by atoms with Crippen molar-refractivity contribution in [1.82, 2.24) is 0 Å². The molecule has 1 rings (SSSR count). The molecule has 1 unspecified atom stereocenters. The Morgan fingerprint density at radius 3 is 2.35 bits per heavy atom. The summed E-state index contributed by atoms with van der Waals surface area (Å²) in [7, 11) is 3.09. The molecular formula is C13H19NO3. The zero-order valence-electron chi connectivity index (χ0n) is 10.7. The largest absolute Gasteiger partial charge is 0.497 e. The van der Waals surface area contributed by atoms with E-state index < -0.39 is 6.04 Å². The summed E-state index contributed by atoms with van der Waals surface area (Å²) in [5.41, 5.74) is 6.34. The molecule has 2 N–H and O–H groups in total. The van der Waals surface area contributed by atoms with Crippen molar-refractivity contribution in [2.24, 2.45) is 11.7 Å². The predicted octanol–water partition coefficient (Wildman–Crippen LogP) is 1.87. The van der Waals surface area contributed by atoms with Crippen molar-refractivity contribution in [3.8, 4) is 11.5 Å². The summed E-state index contributed by atoms with van der Waals surface area (Å²) in [5.74, 6) is 1.12. The van der Waals surface area contributed by atoms with Gasteiger partial charge in [0.1, 0.15) is 11.5 Å². The van der Waals surface area contributed by atoms with Crippen LogP contribution in [0.15, 0.2) is 18.2 Å². The molecule has 4 heteroatoms. The molecule has 0 aliphatic heterocycles. The molecule has 0 saturated carbocycles. The number of hydrogen-bond acceptors (Lipinski definition) is 4. The maximum Gasteiger partial charge on any atom is 0.183 e. The van der Waals surface area contributed by atoms with Crippen LogP contribution in [0.4, 0.5) is 0 Å². The van der Waals surface area contributed by atoms with Gasteiger partial charge in [0.25, 0.3) is 0 Å². The minimum Gasteiger partial charge on any atom is -0.497 e. The van der Waals surface area contributed by atoms with Gasteiger partial charge in [-0.1, -0.05) is 13.8 Å². The highest BCUT2D eigenvalue weighted by Crippen LogP contribution is 2.26. The smallest absolute Gasteiger partial charge is 0.183 e. The lowest BCUT2D eigenvalue weighted by molar-refractivity contribution is 0.0937. The van der Waals surface area contributed by atoms with Gasteiger partial charge in [0.2, 0.25) is 0 Å². The molecule has 94 valence electrons. The lowest BCUT2D eigenvalue weighted by atomic mass is 9.95. The van der Waals surface area contributed by atoms with E-state index >= 15 is 0 Å². The molecule has 17 heavy (non-hydrogen) atoms. The number of Topliss-reactive ketones (excluding diaryl/α,β-unsaturated/α-hetero) is 1. The average Bonchev–Trinajstić information content (AvgIpc) is 2.35. The second kappa shape index (κ2) is 5.68. The zero-order valence-corrected chi connectivity index (χ0v) is 10.7. The van der Waals surface area contributed by atoms with Gasteiger partial charge in [0.15, 0.2) is 5.78 Å². The molecule has 0 aliphatic rings. The Labute approximate surface area is 102 Å². The highest BCUT2D eigenvalue weighted by molar-refractivity contribution is 6.02. The standard InChI is InChI=1S/C13H19NO3/c1-8(2)12(14)13(15)10-6-5-9(16-3)7-11(10)17-4/h5-8,12H,14H2,1-4H3. The van der Waals surface area contributed by atoms with Crippen LogP contribution >= 0.6 is 0 Å². The maximum atomic E-state index is 12.1. The van der Waals surface area contributed by atoms with Crippen molar-refractivity contribution in [2.45, 2.75) is 19.9 Å². The highest BCUT2D eigenvalue weighted by atomic mass is 16.5. The van der Waals surface area contributed by atoms with Crippen LogP contribution in [0.25, 0.3) is 0 Å². The Morgan fingerprint density at radius 2 is 1.88 bits per heavy atom. The minimum atomic E-state index is -0.516. The van der Waals surface area contributed by atoms with Gasteiger partial charge >= 0.3 is 0 Å². The molecule has 1 aromatic rings. The number of carbonyl (C=O) groups is 1. The van der Waals surface area contributed by atoms with Crippen LogP contribution in [-0.4, -0.2) is 26.0 Å². The van der Waals surface area contributed by atoms with Crippen molar-refractivity contribution >= 4 is 5.78 Å². The third-order valence-corrected chi connectivity index (χ3v) is 2.70. The Kier molecular flexibility index (Phi) is 4.52. The number of benzene rings is 1. The molecule has 0 bridgehead atoms. The molecule has 0 heterocycles. The van der Waals surface area contributed by atoms with E-state index in [1.165, 1.54) is 7.11 Å². The summed E-state index contributed by atoms with van der Waals surface area (Å²) in [4.78, 5) is 12.1. The summed E-state index contributed by atoms with van der Waals surface area (Å²) < 4.78 is 10.3. The minimum absolute atomic E-state index is 0.0920. The third-order valence-electron chi connectivity index (χ3n) is 2.70. The molecule has 1 atom stereocenters. The number of carbonyl (C=O) groups excluding carboxylic acids is 1. The second-order valence-electron chi connectivity index (χ2n) is 4.20. The Balaban J connectivity index is 3.09. The average molecular weight is 237 g/mol. The number of ether oxygens (including phenoxy) is 2. The molecule has 4 nitrogen and oxygen atoms in total. The Bertz CT molecular complexity index is 402. The molecule has 0 aromatic heterocycles. The zero-order chi connectivity index (χ0) is 13.0. The van der Waals surface area contributed by atoms with Crippen molar-refractivity contribution in [1.29, 1.82) is 0 Å². The van der Waals surface area contributed by atoms with Crippen molar-refractivity contribution in [2.75, 3.05) is 14.2 Å². The van der Waals surface area contributed by atoms with Crippen molar-refractivity contribution < 1.29 is 14.3 Å². The van der Waals surface area contributed by atoms with Crippen molar-refractivity contribution in [3.63, 3.8) is 0 Å². The van der Waals surface area contributed by atoms with Crippen LogP contribution in [0, 0.1) is 5.92 Å². The van der Waals surface area contributed by atoms with Crippen LogP contribution in [0.3, 0.4) is 0 Å². The monoisotopic (exact) mass is 237 g/mol. The first kappa shape index (κ1) is 13.5. The quantitative estimate of drug-likeness (QED) is 0.794. The van der Waals surface area contributed by atoms with Crippen LogP contribution in [0.2, 0.25) is 0 Å². The Morgan fingerprint density at radius 1 is 1.24 bits per heavy atom. The van der Waals surface area contributed by atoms with Gasteiger partial charge in [-0.05, 0) is 18.1 Å². The third kappa shape index (κ3) is 2.97. The summed E-state index contributed by atoms with van der Waals surface area (Å²) in [6.45, 7) is 3.83. The first-order chi connectivity index (χ1) is 8.01. The maximum absolute atomic E-state index is 12.1. The molecule has 0 amide bonds. The van der Waals surface area contributed by atoms with Gasteiger partial charge in [-0.3, -0.25) is 4.79 Å². The van der Waals surface area contributed by atoms with Gasteiger partial charge in [-0.2, -0.15) is 0 Å². The van der Waals surface area contributed by atoms with E-state index in [2.05, 4.69) is 0 Å². The number of rotatable bonds is 5. The Hall–Kier alpha value is -1.55. The first-order valence-corrected chi connectivity index (χ1v) is 5.53.